The summed E-state index contributed by atoms with van der Waals surface area (Å²) in [5.74, 6) is -0.0571. The summed E-state index contributed by atoms with van der Waals surface area (Å²) in [6.07, 6.45) is -2.96. The molecule has 1 aliphatic rings. The molecule has 1 saturated heterocycles. The Morgan fingerprint density at radius 2 is 1.85 bits per heavy atom. The summed E-state index contributed by atoms with van der Waals surface area (Å²) in [6, 6.07) is 1.20. The van der Waals surface area contributed by atoms with Crippen molar-refractivity contribution in [1.29, 1.82) is 0 Å². The van der Waals surface area contributed by atoms with E-state index in [0.717, 1.165) is 0 Å². The maximum Gasteiger partial charge on any atom is 0.408 e. The van der Waals surface area contributed by atoms with Gasteiger partial charge in [0.15, 0.2) is 0 Å². The molecule has 0 aromatic carbocycles. The Labute approximate surface area is 127 Å². The Balaban J connectivity index is 0.00000180. The molecule has 0 radical (unpaired) electrons. The first-order valence-corrected chi connectivity index (χ1v) is 5.72. The van der Waals surface area contributed by atoms with Gasteiger partial charge in [0.05, 0.1) is 0 Å². The Morgan fingerprint density at radius 3 is 2.35 bits per heavy atom. The monoisotopic (exact) mass is 332 g/mol. The Hall–Kier alpha value is -0.760. The number of piperazine rings is 1. The van der Waals surface area contributed by atoms with Crippen molar-refractivity contribution in [1.82, 2.24) is 15.2 Å². The molecule has 0 spiro atoms. The van der Waals surface area contributed by atoms with Crippen LogP contribution in [0.1, 0.15) is 11.6 Å². The minimum atomic E-state index is -4.35. The third-order valence-corrected chi connectivity index (χ3v) is 2.99. The number of hydrogen-bond donors (Lipinski definition) is 2. The normalized spacial score (nSPS) is 17.8. The molecule has 0 bridgehead atoms. The maximum atomic E-state index is 13.2. The van der Waals surface area contributed by atoms with Crippen molar-refractivity contribution in [2.24, 2.45) is 0 Å². The van der Waals surface area contributed by atoms with E-state index in [1.807, 2.05) is 0 Å². The SMILES string of the molecule is Cl.Cl.Nc1ncccc1[C@H](N1CCNCC1)C(F)(F)F. The van der Waals surface area contributed by atoms with Gasteiger partial charge in [-0.05, 0) is 6.07 Å². The van der Waals surface area contributed by atoms with Gasteiger partial charge < -0.3 is 11.1 Å². The molecule has 2 heterocycles. The number of alkyl halides is 3. The summed E-state index contributed by atoms with van der Waals surface area (Å²) < 4.78 is 39.7. The predicted octanol–water partition coefficient (Wildman–Crippen LogP) is 2.02. The molecule has 3 N–H and O–H groups in total. The zero-order chi connectivity index (χ0) is 13.2. The van der Waals surface area contributed by atoms with Gasteiger partial charge in [-0.1, -0.05) is 6.07 Å². The number of rotatable bonds is 2. The van der Waals surface area contributed by atoms with Gasteiger partial charge in [0.2, 0.25) is 0 Å². The van der Waals surface area contributed by atoms with E-state index in [0.29, 0.717) is 26.2 Å². The molecular formula is C11H17Cl2F3N4. The second-order valence-electron chi connectivity index (χ2n) is 4.21. The number of halogens is 5. The molecule has 0 unspecified atom stereocenters. The van der Waals surface area contributed by atoms with Gasteiger partial charge in [-0.3, -0.25) is 4.90 Å². The molecule has 0 saturated carbocycles. The van der Waals surface area contributed by atoms with Crippen molar-refractivity contribution in [2.45, 2.75) is 12.2 Å². The van der Waals surface area contributed by atoms with Gasteiger partial charge in [-0.15, -0.1) is 24.8 Å². The number of hydrogen-bond acceptors (Lipinski definition) is 4. The highest BCUT2D eigenvalue weighted by Crippen LogP contribution is 2.39. The molecule has 1 atom stereocenters. The second-order valence-corrected chi connectivity index (χ2v) is 4.21. The van der Waals surface area contributed by atoms with Gasteiger partial charge in [0, 0.05) is 37.9 Å². The quantitative estimate of drug-likeness (QED) is 0.869. The summed E-state index contributed by atoms with van der Waals surface area (Å²) in [5.41, 5.74) is 5.61. The smallest absolute Gasteiger partial charge is 0.383 e. The van der Waals surface area contributed by atoms with E-state index in [2.05, 4.69) is 10.3 Å². The molecule has 20 heavy (non-hydrogen) atoms. The largest absolute Gasteiger partial charge is 0.408 e. The Morgan fingerprint density at radius 1 is 1.25 bits per heavy atom. The standard InChI is InChI=1S/C11H15F3N4.2ClH/c12-11(13,14)9(18-6-4-16-5-7-18)8-2-1-3-17-10(8)15;;/h1-3,9,16H,4-7H2,(H2,15,17);2*1H/t9-;;/m0../s1. The van der Waals surface area contributed by atoms with Crippen molar-refractivity contribution in [3.63, 3.8) is 0 Å². The number of nitrogens with two attached hydrogens (primary N) is 1. The van der Waals surface area contributed by atoms with Crippen LogP contribution in [0.5, 0.6) is 0 Å². The van der Waals surface area contributed by atoms with E-state index in [9.17, 15) is 13.2 Å². The number of nitrogens with one attached hydrogen (secondary N) is 1. The molecule has 1 fully saturated rings. The average molecular weight is 333 g/mol. The van der Waals surface area contributed by atoms with Crippen LogP contribution in [0.4, 0.5) is 19.0 Å². The predicted molar refractivity (Wildman–Crippen MR) is 76.4 cm³/mol. The summed E-state index contributed by atoms with van der Waals surface area (Å²) in [5, 5.41) is 3.03. The zero-order valence-electron chi connectivity index (χ0n) is 10.6. The van der Waals surface area contributed by atoms with Crippen LogP contribution < -0.4 is 11.1 Å². The van der Waals surface area contributed by atoms with Gasteiger partial charge in [0.1, 0.15) is 11.9 Å². The zero-order valence-corrected chi connectivity index (χ0v) is 12.2. The Kier molecular flexibility index (Phi) is 7.57. The van der Waals surface area contributed by atoms with Crippen LogP contribution in [0.2, 0.25) is 0 Å². The first kappa shape index (κ1) is 19.2. The molecule has 1 aromatic heterocycles. The van der Waals surface area contributed by atoms with E-state index in [1.54, 1.807) is 0 Å². The van der Waals surface area contributed by atoms with Crippen LogP contribution in [-0.2, 0) is 0 Å². The van der Waals surface area contributed by atoms with Crippen LogP contribution in [0.3, 0.4) is 0 Å². The van der Waals surface area contributed by atoms with Crippen molar-refractivity contribution in [2.75, 3.05) is 31.9 Å². The number of aromatic nitrogens is 1. The first-order chi connectivity index (χ1) is 8.50. The lowest BCUT2D eigenvalue weighted by Crippen LogP contribution is -2.49. The second kappa shape index (κ2) is 7.87. The van der Waals surface area contributed by atoms with Crippen molar-refractivity contribution < 1.29 is 13.2 Å². The highest BCUT2D eigenvalue weighted by molar-refractivity contribution is 5.85. The minimum Gasteiger partial charge on any atom is -0.383 e. The van der Waals surface area contributed by atoms with Crippen molar-refractivity contribution in [3.8, 4) is 0 Å². The van der Waals surface area contributed by atoms with E-state index in [1.165, 1.54) is 23.2 Å². The van der Waals surface area contributed by atoms with Gasteiger partial charge >= 0.3 is 6.18 Å². The van der Waals surface area contributed by atoms with Gasteiger partial charge in [-0.2, -0.15) is 13.2 Å². The molecule has 9 heteroatoms. The Bertz CT molecular complexity index is 411. The third kappa shape index (κ3) is 4.37. The number of pyridine rings is 1. The van der Waals surface area contributed by atoms with E-state index in [4.69, 9.17) is 5.73 Å². The number of anilines is 1. The molecule has 2 rings (SSSR count). The summed E-state index contributed by atoms with van der Waals surface area (Å²) in [6.45, 7) is 1.79. The number of nitrogens with zero attached hydrogens (tertiary/aromatic N) is 2. The molecule has 116 valence electrons. The fraction of sp³-hybridized carbons (Fsp3) is 0.545. The number of nitrogen functional groups attached to an aromatic ring is 1. The lowest BCUT2D eigenvalue weighted by atomic mass is 10.0. The molecule has 0 amide bonds. The van der Waals surface area contributed by atoms with Crippen molar-refractivity contribution in [3.05, 3.63) is 23.9 Å². The summed E-state index contributed by atoms with van der Waals surface area (Å²) in [7, 11) is 0. The minimum absolute atomic E-state index is 0. The van der Waals surface area contributed by atoms with E-state index in [-0.39, 0.29) is 36.2 Å². The fourth-order valence-corrected chi connectivity index (χ4v) is 2.18. The first-order valence-electron chi connectivity index (χ1n) is 5.72. The van der Waals surface area contributed by atoms with Crippen LogP contribution in [0.15, 0.2) is 18.3 Å². The topological polar surface area (TPSA) is 54.2 Å². The van der Waals surface area contributed by atoms with Crippen molar-refractivity contribution >= 4 is 30.6 Å². The summed E-state index contributed by atoms with van der Waals surface area (Å²) in [4.78, 5) is 5.14. The average Bonchev–Trinajstić information content (AvgIpc) is 2.32. The fourth-order valence-electron chi connectivity index (χ4n) is 2.18. The molecule has 1 aromatic rings. The van der Waals surface area contributed by atoms with Crippen LogP contribution in [-0.4, -0.2) is 42.2 Å². The highest BCUT2D eigenvalue weighted by atomic mass is 35.5. The maximum absolute atomic E-state index is 13.2. The summed E-state index contributed by atoms with van der Waals surface area (Å²) >= 11 is 0. The lowest BCUT2D eigenvalue weighted by molar-refractivity contribution is -0.187. The van der Waals surface area contributed by atoms with E-state index < -0.39 is 12.2 Å². The molecular weight excluding hydrogens is 316 g/mol. The van der Waals surface area contributed by atoms with Gasteiger partial charge in [-0.25, -0.2) is 4.98 Å². The molecule has 1 aliphatic heterocycles. The third-order valence-electron chi connectivity index (χ3n) is 2.99. The van der Waals surface area contributed by atoms with E-state index >= 15 is 0 Å². The molecule has 4 nitrogen and oxygen atoms in total. The lowest BCUT2D eigenvalue weighted by Gasteiger charge is -2.36. The van der Waals surface area contributed by atoms with Crippen LogP contribution in [0.25, 0.3) is 0 Å². The van der Waals surface area contributed by atoms with Gasteiger partial charge in [0.25, 0.3) is 0 Å². The van der Waals surface area contributed by atoms with Crippen LogP contribution >= 0.6 is 24.8 Å². The molecule has 0 aliphatic carbocycles. The van der Waals surface area contributed by atoms with Crippen LogP contribution in [0, 0.1) is 0 Å². The highest BCUT2D eigenvalue weighted by Gasteiger charge is 2.45.